The number of rotatable bonds is 7. The van der Waals surface area contributed by atoms with E-state index >= 15 is 0 Å². The molecule has 0 aromatic heterocycles. The third-order valence-corrected chi connectivity index (χ3v) is 3.91. The molecule has 0 aliphatic rings. The number of ketones is 2. The Morgan fingerprint density at radius 3 is 2.35 bits per heavy atom. The Bertz CT molecular complexity index is 836. The van der Waals surface area contributed by atoms with E-state index in [9.17, 15) is 24.9 Å². The molecular weight excluding hydrogens is 336 g/mol. The van der Waals surface area contributed by atoms with Gasteiger partial charge in [0.2, 0.25) is 0 Å². The van der Waals surface area contributed by atoms with Gasteiger partial charge < -0.3 is 20.1 Å². The quantitative estimate of drug-likeness (QED) is 0.520. The van der Waals surface area contributed by atoms with Gasteiger partial charge in [0.15, 0.2) is 11.6 Å². The predicted octanol–water partition coefficient (Wildman–Crippen LogP) is 2.49. The second-order valence-electron chi connectivity index (χ2n) is 5.76. The highest BCUT2D eigenvalue weighted by Gasteiger charge is 2.21. The SMILES string of the molecule is COc1ccc(C(=O)/C=C/c2ccc(O)cc2)c(O)c1CC(O)C(C)=O. The number of aliphatic hydroxyl groups is 1. The first-order valence-corrected chi connectivity index (χ1v) is 7.92. The molecule has 0 radical (unpaired) electrons. The molecule has 2 rings (SSSR count). The number of hydrogen-bond donors (Lipinski definition) is 3. The van der Waals surface area contributed by atoms with Gasteiger partial charge in [-0.1, -0.05) is 18.2 Å². The third kappa shape index (κ3) is 4.49. The highest BCUT2D eigenvalue weighted by Crippen LogP contribution is 2.33. The molecule has 6 heteroatoms. The molecule has 0 bridgehead atoms. The number of hydrogen-bond acceptors (Lipinski definition) is 6. The summed E-state index contributed by atoms with van der Waals surface area (Å²) >= 11 is 0. The summed E-state index contributed by atoms with van der Waals surface area (Å²) in [6.07, 6.45) is 1.38. The molecule has 26 heavy (non-hydrogen) atoms. The van der Waals surface area contributed by atoms with E-state index in [-0.39, 0.29) is 34.8 Å². The van der Waals surface area contributed by atoms with Crippen molar-refractivity contribution in [2.24, 2.45) is 0 Å². The lowest BCUT2D eigenvalue weighted by molar-refractivity contribution is -0.124. The lowest BCUT2D eigenvalue weighted by atomic mass is 9.98. The fourth-order valence-electron chi connectivity index (χ4n) is 2.39. The van der Waals surface area contributed by atoms with Gasteiger partial charge in [0, 0.05) is 12.0 Å². The van der Waals surface area contributed by atoms with Crippen molar-refractivity contribution < 1.29 is 29.6 Å². The van der Waals surface area contributed by atoms with Crippen LogP contribution in [0.1, 0.15) is 28.4 Å². The molecule has 3 N–H and O–H groups in total. The number of ether oxygens (including phenoxy) is 1. The summed E-state index contributed by atoms with van der Waals surface area (Å²) in [4.78, 5) is 23.7. The molecule has 0 amide bonds. The number of phenols is 2. The van der Waals surface area contributed by atoms with Crippen molar-refractivity contribution in [2.45, 2.75) is 19.4 Å². The fourth-order valence-corrected chi connectivity index (χ4v) is 2.39. The van der Waals surface area contributed by atoms with E-state index in [1.165, 1.54) is 44.4 Å². The van der Waals surface area contributed by atoms with Gasteiger partial charge in [0.05, 0.1) is 12.7 Å². The normalized spacial score (nSPS) is 12.1. The van der Waals surface area contributed by atoms with E-state index in [4.69, 9.17) is 4.74 Å². The topological polar surface area (TPSA) is 104 Å². The predicted molar refractivity (Wildman–Crippen MR) is 96.5 cm³/mol. The fraction of sp³-hybridized carbons (Fsp3) is 0.200. The summed E-state index contributed by atoms with van der Waals surface area (Å²) in [5.41, 5.74) is 0.932. The highest BCUT2D eigenvalue weighted by atomic mass is 16.5. The Labute approximate surface area is 151 Å². The van der Waals surface area contributed by atoms with E-state index in [0.29, 0.717) is 5.56 Å². The van der Waals surface area contributed by atoms with Crippen molar-refractivity contribution in [1.82, 2.24) is 0 Å². The van der Waals surface area contributed by atoms with E-state index in [0.717, 1.165) is 0 Å². The monoisotopic (exact) mass is 356 g/mol. The molecule has 0 saturated heterocycles. The van der Waals surface area contributed by atoms with Crippen LogP contribution < -0.4 is 4.74 Å². The Balaban J connectivity index is 2.32. The minimum absolute atomic E-state index is 0.0339. The van der Waals surface area contributed by atoms with Gasteiger partial charge in [0.1, 0.15) is 23.4 Å². The number of carbonyl (C=O) groups excluding carboxylic acids is 2. The van der Waals surface area contributed by atoms with Crippen LogP contribution in [0.15, 0.2) is 42.5 Å². The molecule has 6 nitrogen and oxygen atoms in total. The third-order valence-electron chi connectivity index (χ3n) is 3.91. The first-order chi connectivity index (χ1) is 12.3. The number of Topliss-reactive ketones (excluding diaryl/α,β-unsaturated/α-hetero) is 1. The lowest BCUT2D eigenvalue weighted by Gasteiger charge is -2.15. The van der Waals surface area contributed by atoms with Crippen molar-refractivity contribution >= 4 is 17.6 Å². The van der Waals surface area contributed by atoms with E-state index < -0.39 is 17.7 Å². The van der Waals surface area contributed by atoms with Crippen molar-refractivity contribution in [3.63, 3.8) is 0 Å². The molecule has 1 unspecified atom stereocenters. The molecule has 0 aliphatic carbocycles. The van der Waals surface area contributed by atoms with Crippen molar-refractivity contribution in [3.05, 3.63) is 59.2 Å². The molecule has 0 spiro atoms. The summed E-state index contributed by atoms with van der Waals surface area (Å²) in [6, 6.07) is 9.20. The van der Waals surface area contributed by atoms with Crippen LogP contribution in [0.25, 0.3) is 6.08 Å². The molecule has 2 aromatic rings. The number of phenolic OH excluding ortho intramolecular Hbond substituents is 2. The first kappa shape index (κ1) is 19.2. The average Bonchev–Trinajstić information content (AvgIpc) is 2.62. The molecule has 136 valence electrons. The van der Waals surface area contributed by atoms with Crippen molar-refractivity contribution in [1.29, 1.82) is 0 Å². The maximum absolute atomic E-state index is 12.4. The molecule has 0 fully saturated rings. The Morgan fingerprint density at radius 2 is 1.77 bits per heavy atom. The van der Waals surface area contributed by atoms with Gasteiger partial charge >= 0.3 is 0 Å². The molecular formula is C20H20O6. The smallest absolute Gasteiger partial charge is 0.189 e. The minimum atomic E-state index is -1.30. The zero-order valence-corrected chi connectivity index (χ0v) is 14.5. The van der Waals surface area contributed by atoms with Crippen molar-refractivity contribution in [3.8, 4) is 17.2 Å². The molecule has 0 saturated carbocycles. The maximum atomic E-state index is 12.4. The molecule has 0 heterocycles. The summed E-state index contributed by atoms with van der Waals surface area (Å²) in [6.45, 7) is 1.24. The van der Waals surface area contributed by atoms with Crippen LogP contribution in [0.3, 0.4) is 0 Å². The molecule has 0 aliphatic heterocycles. The number of methoxy groups -OCH3 is 1. The zero-order valence-electron chi connectivity index (χ0n) is 14.5. The molecule has 1 atom stereocenters. The summed E-state index contributed by atoms with van der Waals surface area (Å²) in [7, 11) is 1.39. The first-order valence-electron chi connectivity index (χ1n) is 7.92. The lowest BCUT2D eigenvalue weighted by Crippen LogP contribution is -2.20. The molecule has 2 aromatic carbocycles. The van der Waals surface area contributed by atoms with Gasteiger partial charge in [-0.25, -0.2) is 0 Å². The number of allylic oxidation sites excluding steroid dienone is 1. The van der Waals surface area contributed by atoms with Gasteiger partial charge in [-0.2, -0.15) is 0 Å². The van der Waals surface area contributed by atoms with Crippen molar-refractivity contribution in [2.75, 3.05) is 7.11 Å². The second-order valence-corrected chi connectivity index (χ2v) is 5.76. The maximum Gasteiger partial charge on any atom is 0.189 e. The van der Waals surface area contributed by atoms with Crippen LogP contribution in [0, 0.1) is 0 Å². The summed E-state index contributed by atoms with van der Waals surface area (Å²) in [5, 5.41) is 29.5. The standard InChI is InChI=1S/C20H20O6/c1-12(21)18(24)11-16-19(26-2)10-8-15(20(16)25)17(23)9-5-13-3-6-14(22)7-4-13/h3-10,18,22,24-25H,11H2,1-2H3/b9-5+. The Kier molecular flexibility index (Phi) is 6.14. The number of carbonyl (C=O) groups is 2. The zero-order chi connectivity index (χ0) is 19.3. The van der Waals surface area contributed by atoms with E-state index in [1.54, 1.807) is 18.2 Å². The Morgan fingerprint density at radius 1 is 1.12 bits per heavy atom. The van der Waals surface area contributed by atoms with E-state index in [2.05, 4.69) is 0 Å². The second kappa shape index (κ2) is 8.31. The van der Waals surface area contributed by atoms with Crippen LogP contribution in [0.2, 0.25) is 0 Å². The summed E-state index contributed by atoms with van der Waals surface area (Å²) < 4.78 is 5.15. The van der Waals surface area contributed by atoms with Gasteiger partial charge in [0.25, 0.3) is 0 Å². The van der Waals surface area contributed by atoms with Crippen LogP contribution in [-0.2, 0) is 11.2 Å². The number of aliphatic hydroxyl groups excluding tert-OH is 1. The van der Waals surface area contributed by atoms with Crippen LogP contribution in [0.4, 0.5) is 0 Å². The average molecular weight is 356 g/mol. The van der Waals surface area contributed by atoms with Crippen LogP contribution in [0.5, 0.6) is 17.2 Å². The highest BCUT2D eigenvalue weighted by molar-refractivity contribution is 6.09. The van der Waals surface area contributed by atoms with Gasteiger partial charge in [-0.05, 0) is 42.8 Å². The van der Waals surface area contributed by atoms with Crippen LogP contribution >= 0.6 is 0 Å². The van der Waals surface area contributed by atoms with Gasteiger partial charge in [-0.15, -0.1) is 0 Å². The Hall–Kier alpha value is -3.12. The van der Waals surface area contributed by atoms with Crippen LogP contribution in [-0.4, -0.2) is 40.1 Å². The minimum Gasteiger partial charge on any atom is -0.508 e. The largest absolute Gasteiger partial charge is 0.508 e. The summed E-state index contributed by atoms with van der Waals surface area (Å²) in [5.74, 6) is -0.825. The van der Waals surface area contributed by atoms with Gasteiger partial charge in [-0.3, -0.25) is 9.59 Å². The number of benzene rings is 2. The van der Waals surface area contributed by atoms with E-state index in [1.807, 2.05) is 0 Å². The number of aromatic hydroxyl groups is 2.